The van der Waals surface area contributed by atoms with Crippen LogP contribution in [-0.4, -0.2) is 10.2 Å². The van der Waals surface area contributed by atoms with Gasteiger partial charge in [0, 0.05) is 11.8 Å². The zero-order valence-electron chi connectivity index (χ0n) is 9.08. The molecule has 18 heavy (non-hydrogen) atoms. The average Bonchev–Trinajstić information content (AvgIpc) is 2.38. The van der Waals surface area contributed by atoms with E-state index in [4.69, 9.17) is 16.9 Å². The standard InChI is InChI=1S/C12H7ClFN3O/c13-4-11-12(18)10(6-16-17-11)8-1-7(5-15)2-9(14)3-8/h1-3,6H,4H2,(H,16,18). The Hall–Kier alpha value is -2.19. The highest BCUT2D eigenvalue weighted by atomic mass is 35.5. The largest absolute Gasteiger partial charge is 0.287 e. The van der Waals surface area contributed by atoms with E-state index < -0.39 is 5.82 Å². The van der Waals surface area contributed by atoms with Crippen molar-refractivity contribution in [2.45, 2.75) is 5.88 Å². The molecule has 0 radical (unpaired) electrons. The van der Waals surface area contributed by atoms with Crippen molar-refractivity contribution in [1.29, 1.82) is 5.26 Å². The number of halogens is 2. The summed E-state index contributed by atoms with van der Waals surface area (Å²) in [7, 11) is 0. The summed E-state index contributed by atoms with van der Waals surface area (Å²) >= 11 is 5.57. The normalized spacial score (nSPS) is 10.1. The predicted molar refractivity (Wildman–Crippen MR) is 64.5 cm³/mol. The SMILES string of the molecule is N#Cc1cc(F)cc(-c2c[nH]nc(CCl)c2=O)c1. The molecular weight excluding hydrogens is 257 g/mol. The number of nitrogens with zero attached hydrogens (tertiary/aromatic N) is 2. The summed E-state index contributed by atoms with van der Waals surface area (Å²) in [5, 5.41) is 15.0. The molecule has 90 valence electrons. The third-order valence-corrected chi connectivity index (χ3v) is 2.63. The van der Waals surface area contributed by atoms with E-state index in [0.29, 0.717) is 5.56 Å². The van der Waals surface area contributed by atoms with E-state index in [2.05, 4.69) is 10.2 Å². The van der Waals surface area contributed by atoms with Crippen LogP contribution in [0.1, 0.15) is 11.3 Å². The first kappa shape index (κ1) is 12.3. The predicted octanol–water partition coefficient (Wildman–Crippen LogP) is 2.19. The maximum absolute atomic E-state index is 13.3. The number of H-pyrrole nitrogens is 1. The Morgan fingerprint density at radius 2 is 2.22 bits per heavy atom. The van der Waals surface area contributed by atoms with Crippen molar-refractivity contribution in [3.63, 3.8) is 0 Å². The Labute approximate surface area is 107 Å². The Balaban J connectivity index is 2.66. The first-order chi connectivity index (χ1) is 8.65. The van der Waals surface area contributed by atoms with Crippen LogP contribution in [0, 0.1) is 17.1 Å². The smallest absolute Gasteiger partial charge is 0.212 e. The van der Waals surface area contributed by atoms with Crippen LogP contribution in [0.15, 0.2) is 29.2 Å². The molecule has 0 atom stereocenters. The van der Waals surface area contributed by atoms with Crippen LogP contribution in [0.5, 0.6) is 0 Å². The lowest BCUT2D eigenvalue weighted by atomic mass is 10.0. The van der Waals surface area contributed by atoms with Crippen LogP contribution in [0.3, 0.4) is 0 Å². The summed E-state index contributed by atoms with van der Waals surface area (Å²) in [5.74, 6) is -0.614. The van der Waals surface area contributed by atoms with Gasteiger partial charge in [0.15, 0.2) is 0 Å². The van der Waals surface area contributed by atoms with Gasteiger partial charge in [-0.15, -0.1) is 11.6 Å². The summed E-state index contributed by atoms with van der Waals surface area (Å²) in [6, 6.07) is 5.55. The highest BCUT2D eigenvalue weighted by molar-refractivity contribution is 6.16. The molecule has 0 unspecified atom stereocenters. The fraction of sp³-hybridized carbons (Fsp3) is 0.0833. The van der Waals surface area contributed by atoms with Gasteiger partial charge in [-0.3, -0.25) is 9.89 Å². The molecule has 1 N–H and O–H groups in total. The number of benzene rings is 1. The van der Waals surface area contributed by atoms with E-state index in [1.54, 1.807) is 0 Å². The van der Waals surface area contributed by atoms with Crippen molar-refractivity contribution >= 4 is 11.6 Å². The van der Waals surface area contributed by atoms with Gasteiger partial charge in [-0.05, 0) is 23.8 Å². The average molecular weight is 264 g/mol. The van der Waals surface area contributed by atoms with Gasteiger partial charge >= 0.3 is 0 Å². The molecule has 0 bridgehead atoms. The topological polar surface area (TPSA) is 69.5 Å². The van der Waals surface area contributed by atoms with Crippen LogP contribution < -0.4 is 5.43 Å². The molecule has 2 rings (SSSR count). The van der Waals surface area contributed by atoms with Crippen molar-refractivity contribution < 1.29 is 4.39 Å². The summed E-state index contributed by atoms with van der Waals surface area (Å²) in [5.41, 5.74) is 0.474. The van der Waals surface area contributed by atoms with Crippen molar-refractivity contribution in [3.05, 3.63) is 51.7 Å². The minimum atomic E-state index is -0.576. The third-order valence-electron chi connectivity index (χ3n) is 2.38. The number of aromatic amines is 1. The van der Waals surface area contributed by atoms with E-state index >= 15 is 0 Å². The third kappa shape index (κ3) is 2.24. The van der Waals surface area contributed by atoms with Crippen LogP contribution >= 0.6 is 11.6 Å². The fourth-order valence-corrected chi connectivity index (χ4v) is 1.74. The maximum Gasteiger partial charge on any atom is 0.212 e. The summed E-state index contributed by atoms with van der Waals surface area (Å²) in [6.45, 7) is 0. The van der Waals surface area contributed by atoms with Gasteiger partial charge in [0.25, 0.3) is 0 Å². The Morgan fingerprint density at radius 3 is 2.89 bits per heavy atom. The molecule has 0 amide bonds. The van der Waals surface area contributed by atoms with Crippen LogP contribution in [0.2, 0.25) is 0 Å². The molecule has 6 heteroatoms. The Bertz CT molecular complexity index is 690. The molecule has 0 fully saturated rings. The number of hydrogen-bond donors (Lipinski definition) is 1. The van der Waals surface area contributed by atoms with E-state index in [1.807, 2.05) is 6.07 Å². The van der Waals surface area contributed by atoms with E-state index in [-0.39, 0.29) is 28.1 Å². The molecule has 0 aliphatic heterocycles. The number of hydrogen-bond acceptors (Lipinski definition) is 3. The van der Waals surface area contributed by atoms with Crippen LogP contribution in [-0.2, 0) is 5.88 Å². The minimum absolute atomic E-state index is 0.0381. The van der Waals surface area contributed by atoms with Gasteiger partial charge < -0.3 is 0 Å². The van der Waals surface area contributed by atoms with Gasteiger partial charge in [0.1, 0.15) is 11.5 Å². The van der Waals surface area contributed by atoms with Gasteiger partial charge in [0.2, 0.25) is 5.43 Å². The maximum atomic E-state index is 13.3. The highest BCUT2D eigenvalue weighted by Crippen LogP contribution is 2.18. The van der Waals surface area contributed by atoms with Gasteiger partial charge in [-0.2, -0.15) is 10.4 Å². The number of nitriles is 1. The van der Waals surface area contributed by atoms with Crippen molar-refractivity contribution in [1.82, 2.24) is 10.2 Å². The number of nitrogens with one attached hydrogen (secondary N) is 1. The molecule has 0 spiro atoms. The Morgan fingerprint density at radius 1 is 1.44 bits per heavy atom. The van der Waals surface area contributed by atoms with E-state index in [9.17, 15) is 9.18 Å². The van der Waals surface area contributed by atoms with Crippen LogP contribution in [0.4, 0.5) is 4.39 Å². The molecule has 2 aromatic rings. The molecule has 0 aliphatic carbocycles. The molecule has 0 saturated heterocycles. The second-order valence-corrected chi connectivity index (χ2v) is 3.82. The minimum Gasteiger partial charge on any atom is -0.287 e. The van der Waals surface area contributed by atoms with Gasteiger partial charge in [-0.1, -0.05) is 0 Å². The monoisotopic (exact) mass is 263 g/mol. The van der Waals surface area contributed by atoms with E-state index in [0.717, 1.165) is 6.07 Å². The van der Waals surface area contributed by atoms with Gasteiger partial charge in [0.05, 0.1) is 17.5 Å². The van der Waals surface area contributed by atoms with Crippen LogP contribution in [0.25, 0.3) is 11.1 Å². The second-order valence-electron chi connectivity index (χ2n) is 3.55. The zero-order chi connectivity index (χ0) is 13.1. The van der Waals surface area contributed by atoms with E-state index in [1.165, 1.54) is 18.3 Å². The summed E-state index contributed by atoms with van der Waals surface area (Å²) < 4.78 is 13.3. The zero-order valence-corrected chi connectivity index (χ0v) is 9.83. The summed E-state index contributed by atoms with van der Waals surface area (Å²) in [6.07, 6.45) is 1.36. The quantitative estimate of drug-likeness (QED) is 0.845. The number of aromatic nitrogens is 2. The summed E-state index contributed by atoms with van der Waals surface area (Å²) in [4.78, 5) is 11.9. The molecule has 1 heterocycles. The van der Waals surface area contributed by atoms with Crippen molar-refractivity contribution in [2.24, 2.45) is 0 Å². The lowest BCUT2D eigenvalue weighted by Gasteiger charge is -2.03. The lowest BCUT2D eigenvalue weighted by Crippen LogP contribution is -2.13. The van der Waals surface area contributed by atoms with Crippen molar-refractivity contribution in [2.75, 3.05) is 0 Å². The molecule has 4 nitrogen and oxygen atoms in total. The number of rotatable bonds is 2. The molecule has 0 saturated carbocycles. The van der Waals surface area contributed by atoms with Crippen molar-refractivity contribution in [3.8, 4) is 17.2 Å². The Kier molecular flexibility index (Phi) is 3.40. The molecule has 1 aromatic carbocycles. The second kappa shape index (κ2) is 4.98. The molecule has 1 aromatic heterocycles. The molecular formula is C12H7ClFN3O. The highest BCUT2D eigenvalue weighted by Gasteiger charge is 2.10. The van der Waals surface area contributed by atoms with Gasteiger partial charge in [-0.25, -0.2) is 4.39 Å². The first-order valence-corrected chi connectivity index (χ1v) is 5.53. The lowest BCUT2D eigenvalue weighted by molar-refractivity contribution is 0.628. The number of alkyl halides is 1. The fourth-order valence-electron chi connectivity index (χ4n) is 1.56. The first-order valence-electron chi connectivity index (χ1n) is 4.99. The molecule has 0 aliphatic rings.